The Kier molecular flexibility index (Phi) is 16.4. The van der Waals surface area contributed by atoms with Gasteiger partial charge in [-0.3, -0.25) is 19.2 Å². The Morgan fingerprint density at radius 2 is 1.33 bits per heavy atom. The van der Waals surface area contributed by atoms with Crippen molar-refractivity contribution in [2.24, 2.45) is 11.8 Å². The predicted molar refractivity (Wildman–Crippen MR) is 166 cm³/mol. The van der Waals surface area contributed by atoms with Crippen molar-refractivity contribution in [2.75, 3.05) is 13.1 Å². The largest absolute Gasteiger partial charge is 0.480 e. The number of hydrogen-bond donors (Lipinski definition) is 6. The predicted octanol–water partition coefficient (Wildman–Crippen LogP) is 2.46. The van der Waals surface area contributed by atoms with E-state index in [2.05, 4.69) is 26.6 Å². The van der Waals surface area contributed by atoms with E-state index in [0.717, 1.165) is 5.56 Å². The highest BCUT2D eigenvalue weighted by Crippen LogP contribution is 2.11. The molecule has 14 nitrogen and oxygen atoms in total. The third-order valence-electron chi connectivity index (χ3n) is 6.32. The first-order chi connectivity index (χ1) is 21.0. The number of carboxylic acids is 1. The number of ether oxygens (including phenoxy) is 2. The zero-order chi connectivity index (χ0) is 34.2. The molecule has 14 heteroatoms. The number of nitrogens with one attached hydrogen (secondary N) is 5. The lowest BCUT2D eigenvalue weighted by Crippen LogP contribution is -2.59. The molecule has 6 N–H and O–H groups in total. The van der Waals surface area contributed by atoms with Crippen molar-refractivity contribution < 1.29 is 43.3 Å². The van der Waals surface area contributed by atoms with Gasteiger partial charge < -0.3 is 41.2 Å². The Morgan fingerprint density at radius 3 is 1.89 bits per heavy atom. The average molecular weight is 636 g/mol. The lowest BCUT2D eigenvalue weighted by atomic mass is 9.99. The Labute approximate surface area is 264 Å². The molecule has 0 fully saturated rings. The third-order valence-corrected chi connectivity index (χ3v) is 6.32. The second kappa shape index (κ2) is 19.1. The molecule has 0 aliphatic carbocycles. The van der Waals surface area contributed by atoms with Gasteiger partial charge in [-0.1, -0.05) is 58.0 Å². The molecule has 5 amide bonds. The minimum atomic E-state index is -1.23. The number of amides is 5. The van der Waals surface area contributed by atoms with E-state index in [9.17, 15) is 28.8 Å². The van der Waals surface area contributed by atoms with E-state index in [1.165, 1.54) is 0 Å². The molecule has 0 saturated carbocycles. The third kappa shape index (κ3) is 16.3. The molecular formula is C31H49N5O9. The molecule has 45 heavy (non-hydrogen) atoms. The summed E-state index contributed by atoms with van der Waals surface area (Å²) in [6.45, 7) is 11.6. The Morgan fingerprint density at radius 1 is 0.756 bits per heavy atom. The smallest absolute Gasteiger partial charge is 0.408 e. The van der Waals surface area contributed by atoms with Crippen molar-refractivity contribution in [3.8, 4) is 0 Å². The summed E-state index contributed by atoms with van der Waals surface area (Å²) in [6, 6.07) is 6.04. The van der Waals surface area contributed by atoms with Gasteiger partial charge in [-0.15, -0.1) is 0 Å². The summed E-state index contributed by atoms with van der Waals surface area (Å²) in [6.07, 6.45) is -0.335. The molecule has 0 unspecified atom stereocenters. The van der Waals surface area contributed by atoms with E-state index in [-0.39, 0.29) is 25.5 Å². The number of carbonyl (C=O) groups is 6. The number of carbonyl (C=O) groups excluding carboxylic acids is 5. The molecule has 252 valence electrons. The molecule has 3 atom stereocenters. The quantitative estimate of drug-likeness (QED) is 0.139. The number of hydrogen-bond acceptors (Lipinski definition) is 8. The van der Waals surface area contributed by atoms with Gasteiger partial charge in [-0.05, 0) is 57.4 Å². The zero-order valence-electron chi connectivity index (χ0n) is 27.2. The molecule has 0 aliphatic heterocycles. The van der Waals surface area contributed by atoms with Crippen molar-refractivity contribution >= 4 is 35.9 Å². The Bertz CT molecular complexity index is 1140. The fourth-order valence-electron chi connectivity index (χ4n) is 4.00. The highest BCUT2D eigenvalue weighted by Gasteiger charge is 2.33. The molecule has 0 heterocycles. The summed E-state index contributed by atoms with van der Waals surface area (Å²) >= 11 is 0. The van der Waals surface area contributed by atoms with E-state index in [4.69, 9.17) is 14.6 Å². The van der Waals surface area contributed by atoms with Gasteiger partial charge in [0.1, 0.15) is 36.9 Å². The highest BCUT2D eigenvalue weighted by atomic mass is 16.6. The molecule has 0 bridgehead atoms. The number of aliphatic carboxylic acids is 1. The van der Waals surface area contributed by atoms with Crippen molar-refractivity contribution in [3.63, 3.8) is 0 Å². The van der Waals surface area contributed by atoms with Gasteiger partial charge in [0, 0.05) is 6.54 Å². The number of benzene rings is 1. The number of rotatable bonds is 17. The molecule has 1 aromatic rings. The lowest BCUT2D eigenvalue weighted by molar-refractivity contribution is -0.139. The van der Waals surface area contributed by atoms with Crippen LogP contribution in [0.4, 0.5) is 9.59 Å². The average Bonchev–Trinajstić information content (AvgIpc) is 2.94. The van der Waals surface area contributed by atoms with Gasteiger partial charge in [0.2, 0.25) is 17.7 Å². The normalized spacial score (nSPS) is 13.2. The van der Waals surface area contributed by atoms with Crippen LogP contribution in [-0.2, 0) is 35.3 Å². The van der Waals surface area contributed by atoms with Crippen molar-refractivity contribution in [1.29, 1.82) is 0 Å². The zero-order valence-corrected chi connectivity index (χ0v) is 27.2. The van der Waals surface area contributed by atoms with Crippen molar-refractivity contribution in [1.82, 2.24) is 26.6 Å². The Hall–Kier alpha value is -4.36. The molecule has 0 radical (unpaired) electrons. The topological polar surface area (TPSA) is 201 Å². The maximum atomic E-state index is 13.4. The van der Waals surface area contributed by atoms with Crippen LogP contribution in [0.2, 0.25) is 0 Å². The van der Waals surface area contributed by atoms with Gasteiger partial charge in [-0.2, -0.15) is 0 Å². The summed E-state index contributed by atoms with van der Waals surface area (Å²) in [4.78, 5) is 74.6. The fourth-order valence-corrected chi connectivity index (χ4v) is 4.00. The monoisotopic (exact) mass is 635 g/mol. The minimum absolute atomic E-state index is 0.129. The molecular weight excluding hydrogens is 586 g/mol. The highest BCUT2D eigenvalue weighted by molar-refractivity contribution is 5.94. The van der Waals surface area contributed by atoms with Gasteiger partial charge in [0.15, 0.2) is 0 Å². The first kappa shape index (κ1) is 38.7. The van der Waals surface area contributed by atoms with E-state index < -0.39 is 72.1 Å². The summed E-state index contributed by atoms with van der Waals surface area (Å²) in [5.41, 5.74) is 0.0343. The van der Waals surface area contributed by atoms with Crippen LogP contribution in [-0.4, -0.2) is 77.8 Å². The lowest BCUT2D eigenvalue weighted by Gasteiger charge is -2.29. The minimum Gasteiger partial charge on any atom is -0.480 e. The van der Waals surface area contributed by atoms with E-state index >= 15 is 0 Å². The maximum absolute atomic E-state index is 13.4. The summed E-state index contributed by atoms with van der Waals surface area (Å²) in [5.74, 6) is -3.96. The molecule has 0 saturated heterocycles. The van der Waals surface area contributed by atoms with Crippen LogP contribution in [0, 0.1) is 11.8 Å². The fraction of sp³-hybridized carbons (Fsp3) is 0.613. The Balaban J connectivity index is 2.84. The van der Waals surface area contributed by atoms with Gasteiger partial charge in [0.25, 0.3) is 0 Å². The maximum Gasteiger partial charge on any atom is 0.408 e. The summed E-state index contributed by atoms with van der Waals surface area (Å²) in [5, 5.41) is 21.6. The van der Waals surface area contributed by atoms with Gasteiger partial charge in [-0.25, -0.2) is 9.59 Å². The van der Waals surface area contributed by atoms with Crippen LogP contribution in [0.5, 0.6) is 0 Å². The van der Waals surface area contributed by atoms with Crippen LogP contribution >= 0.6 is 0 Å². The van der Waals surface area contributed by atoms with Crippen LogP contribution in [0.15, 0.2) is 30.3 Å². The number of unbranched alkanes of at least 4 members (excludes halogenated alkanes) is 1. The molecule has 0 aliphatic rings. The summed E-state index contributed by atoms with van der Waals surface area (Å²) in [7, 11) is 0. The number of alkyl carbamates (subject to hydrolysis) is 2. The first-order valence-electron chi connectivity index (χ1n) is 15.0. The molecule has 0 spiro atoms. The van der Waals surface area contributed by atoms with Crippen molar-refractivity contribution in [3.05, 3.63) is 35.9 Å². The molecule has 0 aromatic heterocycles. The van der Waals surface area contributed by atoms with Crippen LogP contribution < -0.4 is 26.6 Å². The van der Waals surface area contributed by atoms with Crippen LogP contribution in [0.3, 0.4) is 0 Å². The SMILES string of the molecule is CC(C)[C@H](NC(=O)[C@H](NC(=O)[C@@H](CCCCNC(=O)OCc1ccccc1)NC(=O)OC(C)(C)C)C(C)C)C(=O)NCC(=O)O. The van der Waals surface area contributed by atoms with Crippen LogP contribution in [0.25, 0.3) is 0 Å². The standard InChI is InChI=1S/C31H49N5O9/c1-19(2)24(27(40)33-17-23(37)38)36-28(41)25(20(3)4)35-26(39)22(34-30(43)45-31(5,6)7)15-11-12-16-32-29(42)44-18-21-13-9-8-10-14-21/h8-10,13-14,19-20,22,24-25H,11-12,15-18H2,1-7H3,(H,32,42)(H,33,40)(H,34,43)(H,35,39)(H,36,41)(H,37,38)/t22-,24+,25-/m1/s1. The van der Waals surface area contributed by atoms with Gasteiger partial charge >= 0.3 is 18.2 Å². The molecule has 1 aromatic carbocycles. The first-order valence-corrected chi connectivity index (χ1v) is 15.0. The summed E-state index contributed by atoms with van der Waals surface area (Å²) < 4.78 is 10.5. The van der Waals surface area contributed by atoms with E-state index in [1.54, 1.807) is 48.5 Å². The van der Waals surface area contributed by atoms with Gasteiger partial charge in [0.05, 0.1) is 0 Å². The second-order valence-corrected chi connectivity index (χ2v) is 12.3. The number of carboxylic acid groups (broad SMARTS) is 1. The van der Waals surface area contributed by atoms with Crippen molar-refractivity contribution in [2.45, 2.75) is 98.1 Å². The molecule has 1 rings (SSSR count). The van der Waals surface area contributed by atoms with Crippen LogP contribution in [0.1, 0.15) is 73.3 Å². The second-order valence-electron chi connectivity index (χ2n) is 12.3. The van der Waals surface area contributed by atoms with E-state index in [1.807, 2.05) is 30.3 Å². The van der Waals surface area contributed by atoms with E-state index in [0.29, 0.717) is 12.8 Å².